The fourth-order valence-electron chi connectivity index (χ4n) is 3.01. The fraction of sp³-hybridized carbons (Fsp3) is 0.647. The first kappa shape index (κ1) is 17.9. The van der Waals surface area contributed by atoms with Gasteiger partial charge in [-0.15, -0.1) is 0 Å². The lowest BCUT2D eigenvalue weighted by atomic mass is 10.1. The van der Waals surface area contributed by atoms with Crippen LogP contribution in [0.1, 0.15) is 37.3 Å². The van der Waals surface area contributed by atoms with E-state index in [1.165, 1.54) is 61.1 Å². The molecule has 0 radical (unpaired) electrons. The van der Waals surface area contributed by atoms with Gasteiger partial charge in [0.2, 0.25) is 0 Å². The summed E-state index contributed by atoms with van der Waals surface area (Å²) < 4.78 is 7.15. The van der Waals surface area contributed by atoms with E-state index in [4.69, 9.17) is 4.74 Å². The zero-order chi connectivity index (χ0) is 13.6. The normalized spacial score (nSPS) is 17.5. The monoisotopic (exact) mass is 389 g/mol. The zero-order valence-corrected chi connectivity index (χ0v) is 15.1. The van der Waals surface area contributed by atoms with Crippen molar-refractivity contribution in [3.05, 3.63) is 35.4 Å². The van der Waals surface area contributed by atoms with E-state index in [9.17, 15) is 0 Å². The summed E-state index contributed by atoms with van der Waals surface area (Å²) in [4.78, 5) is 0. The van der Waals surface area contributed by atoms with Crippen molar-refractivity contribution in [3.8, 4) is 0 Å². The van der Waals surface area contributed by atoms with Gasteiger partial charge < -0.3 is 33.2 Å². The van der Waals surface area contributed by atoms with E-state index >= 15 is 0 Å². The number of aryl methyl sites for hydroxylation is 1. The van der Waals surface area contributed by atoms with Crippen molar-refractivity contribution in [3.63, 3.8) is 0 Å². The number of likely N-dealkylation sites (tertiary alicyclic amines) is 1. The minimum absolute atomic E-state index is 0. The second-order valence-electron chi connectivity index (χ2n) is 5.93. The Kier molecular flexibility index (Phi) is 8.07. The fourth-order valence-corrected chi connectivity index (χ4v) is 3.01. The Morgan fingerprint density at radius 2 is 1.70 bits per heavy atom. The van der Waals surface area contributed by atoms with Crippen LogP contribution in [0.5, 0.6) is 0 Å². The largest absolute Gasteiger partial charge is 1.00 e. The van der Waals surface area contributed by atoms with Crippen molar-refractivity contribution in [2.75, 3.05) is 32.8 Å². The van der Waals surface area contributed by atoms with Gasteiger partial charge >= 0.3 is 0 Å². The molecule has 0 unspecified atom stereocenters. The summed E-state index contributed by atoms with van der Waals surface area (Å²) in [6.07, 6.45) is 4.21. The van der Waals surface area contributed by atoms with Gasteiger partial charge in [-0.1, -0.05) is 29.8 Å². The second-order valence-corrected chi connectivity index (χ2v) is 5.93. The van der Waals surface area contributed by atoms with Gasteiger partial charge in [0.25, 0.3) is 0 Å². The molecule has 1 aromatic rings. The Balaban J connectivity index is 0.00000200. The summed E-state index contributed by atoms with van der Waals surface area (Å²) in [5, 5.41) is 0. The number of piperidine rings is 1. The van der Waals surface area contributed by atoms with E-state index in [1.807, 2.05) is 0 Å². The molecule has 2 rings (SSSR count). The molecular weight excluding hydrogens is 361 g/mol. The maximum absolute atomic E-state index is 5.87. The SMILES string of the molecule is CC[N+]1(CCOCc2ccc(C)cc2)CCCCC1.[I-]. The molecular formula is C17H28INO. The average Bonchev–Trinajstić information content (AvgIpc) is 2.46. The number of quaternary nitrogens is 1. The third-order valence-electron chi connectivity index (χ3n) is 4.54. The maximum atomic E-state index is 5.87. The Bertz CT molecular complexity index is 371. The summed E-state index contributed by atoms with van der Waals surface area (Å²) >= 11 is 0. The van der Waals surface area contributed by atoms with Crippen molar-refractivity contribution in [2.45, 2.75) is 39.7 Å². The van der Waals surface area contributed by atoms with Gasteiger partial charge in [0.1, 0.15) is 6.54 Å². The number of halogens is 1. The van der Waals surface area contributed by atoms with Crippen LogP contribution in [0.2, 0.25) is 0 Å². The van der Waals surface area contributed by atoms with Crippen molar-refractivity contribution in [1.29, 1.82) is 0 Å². The summed E-state index contributed by atoms with van der Waals surface area (Å²) in [7, 11) is 0. The van der Waals surface area contributed by atoms with E-state index in [-0.39, 0.29) is 24.0 Å². The molecule has 0 saturated carbocycles. The molecule has 1 heterocycles. The molecule has 0 N–H and O–H groups in total. The van der Waals surface area contributed by atoms with E-state index in [2.05, 4.69) is 38.1 Å². The van der Waals surface area contributed by atoms with E-state index in [1.54, 1.807) is 0 Å². The summed E-state index contributed by atoms with van der Waals surface area (Å²) in [6.45, 7) is 11.2. The average molecular weight is 389 g/mol. The number of benzene rings is 1. The summed E-state index contributed by atoms with van der Waals surface area (Å²) in [5.41, 5.74) is 2.60. The molecule has 1 saturated heterocycles. The summed E-state index contributed by atoms with van der Waals surface area (Å²) in [5.74, 6) is 0. The smallest absolute Gasteiger partial charge is 0.102 e. The van der Waals surface area contributed by atoms with Gasteiger partial charge in [-0.2, -0.15) is 0 Å². The number of ether oxygens (including phenoxy) is 1. The van der Waals surface area contributed by atoms with E-state index in [0.29, 0.717) is 0 Å². The first-order valence-electron chi connectivity index (χ1n) is 7.72. The predicted molar refractivity (Wildman–Crippen MR) is 80.1 cm³/mol. The molecule has 1 fully saturated rings. The lowest BCUT2D eigenvalue weighted by Gasteiger charge is -2.40. The number of hydrogen-bond acceptors (Lipinski definition) is 1. The van der Waals surface area contributed by atoms with Crippen molar-refractivity contribution >= 4 is 0 Å². The Labute approximate surface area is 141 Å². The van der Waals surface area contributed by atoms with E-state index < -0.39 is 0 Å². The van der Waals surface area contributed by atoms with Crippen LogP contribution in [0.25, 0.3) is 0 Å². The molecule has 3 heteroatoms. The van der Waals surface area contributed by atoms with Crippen LogP contribution in [0.15, 0.2) is 24.3 Å². The van der Waals surface area contributed by atoms with Crippen molar-refractivity contribution in [2.24, 2.45) is 0 Å². The van der Waals surface area contributed by atoms with Crippen LogP contribution < -0.4 is 24.0 Å². The van der Waals surface area contributed by atoms with E-state index in [0.717, 1.165) is 13.2 Å². The standard InChI is InChI=1S/C17H28NO.HI/c1-3-18(11-5-4-6-12-18)13-14-19-15-17-9-7-16(2)8-10-17;/h7-10H,3-6,11-15H2,1-2H3;1H/q+1;/p-1. The summed E-state index contributed by atoms with van der Waals surface area (Å²) in [6, 6.07) is 8.65. The van der Waals surface area contributed by atoms with Gasteiger partial charge in [-0.05, 0) is 38.7 Å². The quantitative estimate of drug-likeness (QED) is 0.392. The van der Waals surface area contributed by atoms with Crippen molar-refractivity contribution < 1.29 is 33.2 Å². The molecule has 0 bridgehead atoms. The number of nitrogens with zero attached hydrogens (tertiary/aromatic N) is 1. The van der Waals surface area contributed by atoms with Crippen LogP contribution in [-0.4, -0.2) is 37.3 Å². The third kappa shape index (κ3) is 5.34. The van der Waals surface area contributed by atoms with Gasteiger partial charge in [0.15, 0.2) is 0 Å². The highest BCUT2D eigenvalue weighted by Crippen LogP contribution is 2.18. The topological polar surface area (TPSA) is 9.23 Å². The number of likely N-dealkylation sites (N-methyl/N-ethyl adjacent to an activating group) is 1. The highest BCUT2D eigenvalue weighted by molar-refractivity contribution is 5.20. The van der Waals surface area contributed by atoms with Crippen LogP contribution in [0, 0.1) is 6.92 Å². The van der Waals surface area contributed by atoms with Gasteiger partial charge in [-0.25, -0.2) is 0 Å². The highest BCUT2D eigenvalue weighted by atomic mass is 127. The molecule has 1 aromatic carbocycles. The molecule has 20 heavy (non-hydrogen) atoms. The van der Waals surface area contributed by atoms with Gasteiger partial charge in [0, 0.05) is 0 Å². The molecule has 0 aliphatic carbocycles. The molecule has 1 aliphatic rings. The molecule has 0 atom stereocenters. The minimum Gasteiger partial charge on any atom is -1.00 e. The first-order valence-corrected chi connectivity index (χ1v) is 7.72. The van der Waals surface area contributed by atoms with Crippen LogP contribution >= 0.6 is 0 Å². The predicted octanol–water partition coefficient (Wildman–Crippen LogP) is 0.536. The highest BCUT2D eigenvalue weighted by Gasteiger charge is 2.27. The number of rotatable bonds is 6. The van der Waals surface area contributed by atoms with Crippen molar-refractivity contribution in [1.82, 2.24) is 0 Å². The Morgan fingerprint density at radius 3 is 2.30 bits per heavy atom. The molecule has 114 valence electrons. The maximum Gasteiger partial charge on any atom is 0.102 e. The van der Waals surface area contributed by atoms with Crippen LogP contribution in [0.4, 0.5) is 0 Å². The second kappa shape index (κ2) is 9.00. The Hall–Kier alpha value is -0.130. The lowest BCUT2D eigenvalue weighted by molar-refractivity contribution is -0.931. The molecule has 0 aromatic heterocycles. The molecule has 1 aliphatic heterocycles. The first-order chi connectivity index (χ1) is 9.24. The molecule has 0 amide bonds. The minimum atomic E-state index is 0. The lowest BCUT2D eigenvalue weighted by Crippen LogP contribution is -3.00. The third-order valence-corrected chi connectivity index (χ3v) is 4.54. The Morgan fingerprint density at radius 1 is 1.05 bits per heavy atom. The zero-order valence-electron chi connectivity index (χ0n) is 12.9. The number of hydrogen-bond donors (Lipinski definition) is 0. The van der Waals surface area contributed by atoms with Gasteiger partial charge in [-0.3, -0.25) is 0 Å². The van der Waals surface area contributed by atoms with Crippen LogP contribution in [-0.2, 0) is 11.3 Å². The van der Waals surface area contributed by atoms with Crippen LogP contribution in [0.3, 0.4) is 0 Å². The molecule has 0 spiro atoms. The van der Waals surface area contributed by atoms with Gasteiger partial charge in [0.05, 0.1) is 32.8 Å². The molecule has 2 nitrogen and oxygen atoms in total.